The zero-order valence-corrected chi connectivity index (χ0v) is 11.8. The van der Waals surface area contributed by atoms with Gasteiger partial charge in [-0.2, -0.15) is 0 Å². The molecule has 0 bridgehead atoms. The van der Waals surface area contributed by atoms with E-state index in [0.717, 1.165) is 18.9 Å². The van der Waals surface area contributed by atoms with E-state index >= 15 is 0 Å². The van der Waals surface area contributed by atoms with Crippen LogP contribution in [0, 0.1) is 0 Å². The Bertz CT molecular complexity index is 441. The predicted molar refractivity (Wildman–Crippen MR) is 77.8 cm³/mol. The SMILES string of the molecule is CCCCCCOc1ccc(Cl)cc1/C=C/C(=O)O. The Morgan fingerprint density at radius 3 is 2.84 bits per heavy atom. The second-order valence-electron chi connectivity index (χ2n) is 4.26. The van der Waals surface area contributed by atoms with Crippen LogP contribution in [0.3, 0.4) is 0 Å². The van der Waals surface area contributed by atoms with Gasteiger partial charge in [0.1, 0.15) is 5.75 Å². The summed E-state index contributed by atoms with van der Waals surface area (Å²) in [6.07, 6.45) is 7.11. The first-order valence-corrected chi connectivity index (χ1v) is 6.84. The van der Waals surface area contributed by atoms with Crippen LogP contribution in [0.1, 0.15) is 38.2 Å². The van der Waals surface area contributed by atoms with Crippen LogP contribution in [0.15, 0.2) is 24.3 Å². The average Bonchev–Trinajstić information content (AvgIpc) is 2.38. The molecule has 0 aliphatic heterocycles. The van der Waals surface area contributed by atoms with E-state index in [9.17, 15) is 4.79 Å². The number of unbranched alkanes of at least 4 members (excludes halogenated alkanes) is 3. The highest BCUT2D eigenvalue weighted by atomic mass is 35.5. The molecule has 19 heavy (non-hydrogen) atoms. The van der Waals surface area contributed by atoms with Gasteiger partial charge in [0.05, 0.1) is 6.61 Å². The van der Waals surface area contributed by atoms with E-state index in [1.165, 1.54) is 18.9 Å². The van der Waals surface area contributed by atoms with E-state index in [-0.39, 0.29) is 0 Å². The Hall–Kier alpha value is -1.48. The number of carboxylic acids is 1. The molecular formula is C15H19ClO3. The predicted octanol–water partition coefficient (Wildman–Crippen LogP) is 4.40. The third-order valence-corrected chi connectivity index (χ3v) is 2.87. The number of aliphatic carboxylic acids is 1. The van der Waals surface area contributed by atoms with Crippen LogP contribution in [0.4, 0.5) is 0 Å². The molecule has 0 amide bonds. The van der Waals surface area contributed by atoms with E-state index in [1.807, 2.05) is 0 Å². The van der Waals surface area contributed by atoms with Crippen LogP contribution in [0.5, 0.6) is 5.75 Å². The molecule has 4 heteroatoms. The molecule has 0 aliphatic rings. The Balaban J connectivity index is 2.63. The highest BCUT2D eigenvalue weighted by Gasteiger charge is 2.03. The van der Waals surface area contributed by atoms with Crippen molar-refractivity contribution in [3.63, 3.8) is 0 Å². The Morgan fingerprint density at radius 2 is 2.16 bits per heavy atom. The van der Waals surface area contributed by atoms with Gasteiger partial charge in [-0.05, 0) is 30.7 Å². The van der Waals surface area contributed by atoms with Gasteiger partial charge >= 0.3 is 5.97 Å². The summed E-state index contributed by atoms with van der Waals surface area (Å²) >= 11 is 5.90. The second kappa shape index (κ2) is 8.59. The quantitative estimate of drug-likeness (QED) is 0.568. The highest BCUT2D eigenvalue weighted by Crippen LogP contribution is 2.24. The fraction of sp³-hybridized carbons (Fsp3) is 0.400. The fourth-order valence-electron chi connectivity index (χ4n) is 1.65. The smallest absolute Gasteiger partial charge is 0.328 e. The average molecular weight is 283 g/mol. The molecule has 1 N–H and O–H groups in total. The lowest BCUT2D eigenvalue weighted by atomic mass is 10.2. The monoisotopic (exact) mass is 282 g/mol. The molecule has 0 aliphatic carbocycles. The van der Waals surface area contributed by atoms with Crippen molar-refractivity contribution in [2.75, 3.05) is 6.61 Å². The van der Waals surface area contributed by atoms with Crippen LogP contribution in [-0.2, 0) is 4.79 Å². The summed E-state index contributed by atoms with van der Waals surface area (Å²) in [7, 11) is 0. The van der Waals surface area contributed by atoms with E-state index in [0.29, 0.717) is 22.9 Å². The number of ether oxygens (including phenoxy) is 1. The van der Waals surface area contributed by atoms with Gasteiger partial charge in [0.15, 0.2) is 0 Å². The minimum absolute atomic E-state index is 0.559. The maximum Gasteiger partial charge on any atom is 0.328 e. The van der Waals surface area contributed by atoms with Crippen LogP contribution < -0.4 is 4.74 Å². The van der Waals surface area contributed by atoms with Crippen molar-refractivity contribution >= 4 is 23.6 Å². The molecule has 0 saturated heterocycles. The molecule has 0 spiro atoms. The lowest BCUT2D eigenvalue weighted by molar-refractivity contribution is -0.131. The first-order chi connectivity index (χ1) is 9.13. The summed E-state index contributed by atoms with van der Waals surface area (Å²) in [5, 5.41) is 9.21. The molecule has 1 aromatic rings. The number of hydrogen-bond acceptors (Lipinski definition) is 2. The van der Waals surface area contributed by atoms with Crippen molar-refractivity contribution in [1.82, 2.24) is 0 Å². The molecule has 0 aromatic heterocycles. The summed E-state index contributed by atoms with van der Waals surface area (Å²) < 4.78 is 5.67. The third-order valence-electron chi connectivity index (χ3n) is 2.63. The molecule has 0 radical (unpaired) electrons. The summed E-state index contributed by atoms with van der Waals surface area (Å²) in [6.45, 7) is 2.80. The molecule has 0 fully saturated rings. The maximum atomic E-state index is 10.5. The lowest BCUT2D eigenvalue weighted by Crippen LogP contribution is -1.99. The molecule has 0 unspecified atom stereocenters. The van der Waals surface area contributed by atoms with Gasteiger partial charge in [0.2, 0.25) is 0 Å². The Kier molecular flexibility index (Phi) is 7.04. The van der Waals surface area contributed by atoms with Crippen molar-refractivity contribution < 1.29 is 14.6 Å². The molecule has 3 nitrogen and oxygen atoms in total. The number of hydrogen-bond donors (Lipinski definition) is 1. The van der Waals surface area contributed by atoms with Gasteiger partial charge in [0.25, 0.3) is 0 Å². The number of benzene rings is 1. The number of halogens is 1. The summed E-state index contributed by atoms with van der Waals surface area (Å²) in [5.74, 6) is -0.327. The zero-order valence-electron chi connectivity index (χ0n) is 11.1. The molecule has 1 aromatic carbocycles. The Labute approximate surface area is 118 Å². The minimum atomic E-state index is -0.992. The van der Waals surface area contributed by atoms with Crippen LogP contribution in [-0.4, -0.2) is 17.7 Å². The molecule has 1 rings (SSSR count). The summed E-state index contributed by atoms with van der Waals surface area (Å²) in [6, 6.07) is 5.20. The standard InChI is InChI=1S/C15H19ClO3/c1-2-3-4-5-10-19-14-8-7-13(16)11-12(14)6-9-15(17)18/h6-9,11H,2-5,10H2,1H3,(H,17,18)/b9-6+. The number of carboxylic acid groups (broad SMARTS) is 1. The van der Waals surface area contributed by atoms with E-state index < -0.39 is 5.97 Å². The molecular weight excluding hydrogens is 264 g/mol. The third kappa shape index (κ3) is 6.30. The number of carbonyl (C=O) groups is 1. The van der Waals surface area contributed by atoms with Gasteiger partial charge < -0.3 is 9.84 Å². The first-order valence-electron chi connectivity index (χ1n) is 6.47. The normalized spacial score (nSPS) is 10.8. The van der Waals surface area contributed by atoms with Gasteiger partial charge in [-0.1, -0.05) is 37.8 Å². The highest BCUT2D eigenvalue weighted by molar-refractivity contribution is 6.30. The lowest BCUT2D eigenvalue weighted by Gasteiger charge is -2.09. The van der Waals surface area contributed by atoms with Gasteiger partial charge in [-0.3, -0.25) is 0 Å². The summed E-state index contributed by atoms with van der Waals surface area (Å²) in [4.78, 5) is 10.5. The van der Waals surface area contributed by atoms with E-state index in [4.69, 9.17) is 21.4 Å². The van der Waals surface area contributed by atoms with Crippen molar-refractivity contribution in [2.24, 2.45) is 0 Å². The van der Waals surface area contributed by atoms with E-state index in [1.54, 1.807) is 18.2 Å². The minimum Gasteiger partial charge on any atom is -0.493 e. The summed E-state index contributed by atoms with van der Waals surface area (Å²) in [5.41, 5.74) is 0.686. The van der Waals surface area contributed by atoms with Gasteiger partial charge in [-0.15, -0.1) is 0 Å². The number of rotatable bonds is 8. The van der Waals surface area contributed by atoms with Crippen molar-refractivity contribution in [3.05, 3.63) is 34.9 Å². The van der Waals surface area contributed by atoms with Crippen molar-refractivity contribution in [2.45, 2.75) is 32.6 Å². The molecule has 104 valence electrons. The fourth-order valence-corrected chi connectivity index (χ4v) is 1.83. The largest absolute Gasteiger partial charge is 0.493 e. The molecule has 0 saturated carbocycles. The zero-order chi connectivity index (χ0) is 14.1. The second-order valence-corrected chi connectivity index (χ2v) is 4.70. The van der Waals surface area contributed by atoms with Crippen LogP contribution in [0.2, 0.25) is 5.02 Å². The Morgan fingerprint density at radius 1 is 1.37 bits per heavy atom. The van der Waals surface area contributed by atoms with Crippen LogP contribution >= 0.6 is 11.6 Å². The van der Waals surface area contributed by atoms with Crippen molar-refractivity contribution in [3.8, 4) is 5.75 Å². The van der Waals surface area contributed by atoms with Gasteiger partial charge in [-0.25, -0.2) is 4.79 Å². The topological polar surface area (TPSA) is 46.5 Å². The first kappa shape index (κ1) is 15.6. The maximum absolute atomic E-state index is 10.5. The van der Waals surface area contributed by atoms with Crippen LogP contribution in [0.25, 0.3) is 6.08 Å². The van der Waals surface area contributed by atoms with Crippen molar-refractivity contribution in [1.29, 1.82) is 0 Å². The van der Waals surface area contributed by atoms with E-state index in [2.05, 4.69) is 6.92 Å². The molecule has 0 heterocycles. The molecule has 0 atom stereocenters. The van der Waals surface area contributed by atoms with Gasteiger partial charge in [0, 0.05) is 16.7 Å².